The van der Waals surface area contributed by atoms with E-state index in [0.29, 0.717) is 5.70 Å². The lowest BCUT2D eigenvalue weighted by atomic mass is 10.5. The molecular weight excluding hydrogens is 190 g/mol. The van der Waals surface area contributed by atoms with Gasteiger partial charge in [0.25, 0.3) is 0 Å². The number of methoxy groups -OCH3 is 1. The molecule has 0 amide bonds. The van der Waals surface area contributed by atoms with E-state index < -0.39 is 10.9 Å². The van der Waals surface area contributed by atoms with Gasteiger partial charge < -0.3 is 5.11 Å². The van der Waals surface area contributed by atoms with Crippen molar-refractivity contribution in [2.24, 2.45) is 0 Å². The minimum atomic E-state index is -1.77. The maximum absolute atomic E-state index is 10.8. The van der Waals surface area contributed by atoms with Gasteiger partial charge in [-0.15, -0.1) is 0 Å². The van der Waals surface area contributed by atoms with Gasteiger partial charge in [-0.25, -0.2) is 0 Å². The summed E-state index contributed by atoms with van der Waals surface area (Å²) in [6, 6.07) is 0. The summed E-state index contributed by atoms with van der Waals surface area (Å²) in [6.45, 7) is 1.65. The summed E-state index contributed by atoms with van der Waals surface area (Å²) in [4.78, 5) is 11.6. The van der Waals surface area contributed by atoms with E-state index in [1.165, 1.54) is 12.0 Å². The molecular formula is C7H13N3O4. The Labute approximate surface area is 81.1 Å². The van der Waals surface area contributed by atoms with Crippen LogP contribution in [-0.2, 0) is 4.74 Å². The molecule has 1 aliphatic rings. The molecule has 1 heterocycles. The third kappa shape index (κ3) is 1.51. The first-order chi connectivity index (χ1) is 6.56. The molecule has 7 heteroatoms. The van der Waals surface area contributed by atoms with Gasteiger partial charge in [0.2, 0.25) is 0 Å². The SMILES string of the molecule is COC1([N+](=O)[O-])NC(C)=CN1CCO. The molecule has 14 heavy (non-hydrogen) atoms. The van der Waals surface area contributed by atoms with Gasteiger partial charge in [-0.2, -0.15) is 0 Å². The summed E-state index contributed by atoms with van der Waals surface area (Å²) >= 11 is 0. The fraction of sp³-hybridized carbons (Fsp3) is 0.714. The predicted octanol–water partition coefficient (Wildman–Crippen LogP) is -0.720. The number of allylic oxidation sites excluding steroid dienone is 1. The Morgan fingerprint density at radius 1 is 1.86 bits per heavy atom. The van der Waals surface area contributed by atoms with Crippen LogP contribution in [0.2, 0.25) is 0 Å². The Kier molecular flexibility index (Phi) is 2.92. The van der Waals surface area contributed by atoms with Crippen molar-refractivity contribution in [2.45, 2.75) is 12.9 Å². The molecule has 0 aromatic carbocycles. The van der Waals surface area contributed by atoms with E-state index in [0.717, 1.165) is 0 Å². The van der Waals surface area contributed by atoms with E-state index in [4.69, 9.17) is 9.84 Å². The maximum atomic E-state index is 10.8. The lowest BCUT2D eigenvalue weighted by Crippen LogP contribution is -2.60. The summed E-state index contributed by atoms with van der Waals surface area (Å²) in [6.07, 6.45) is 1.54. The van der Waals surface area contributed by atoms with Crippen LogP contribution in [0.25, 0.3) is 0 Å². The first kappa shape index (κ1) is 10.7. The Morgan fingerprint density at radius 2 is 2.50 bits per heavy atom. The zero-order valence-electron chi connectivity index (χ0n) is 8.06. The molecule has 0 bridgehead atoms. The zero-order valence-corrected chi connectivity index (χ0v) is 8.06. The summed E-state index contributed by atoms with van der Waals surface area (Å²) in [5.41, 5.74) is 0.622. The monoisotopic (exact) mass is 203 g/mol. The summed E-state index contributed by atoms with van der Waals surface area (Å²) in [5, 5.41) is 22.2. The average Bonchev–Trinajstić information content (AvgIpc) is 2.44. The quantitative estimate of drug-likeness (QED) is 0.356. The van der Waals surface area contributed by atoms with Gasteiger partial charge in [-0.3, -0.25) is 25.1 Å². The van der Waals surface area contributed by atoms with E-state index in [9.17, 15) is 10.1 Å². The van der Waals surface area contributed by atoms with Crippen molar-refractivity contribution in [2.75, 3.05) is 20.3 Å². The van der Waals surface area contributed by atoms with E-state index in [1.807, 2.05) is 0 Å². The Bertz CT molecular complexity index is 268. The summed E-state index contributed by atoms with van der Waals surface area (Å²) in [5.74, 6) is -1.77. The highest BCUT2D eigenvalue weighted by molar-refractivity contribution is 5.05. The topological polar surface area (TPSA) is 87.9 Å². The summed E-state index contributed by atoms with van der Waals surface area (Å²) < 4.78 is 4.85. The van der Waals surface area contributed by atoms with Crippen LogP contribution < -0.4 is 5.32 Å². The second-order valence-electron chi connectivity index (χ2n) is 2.92. The highest BCUT2D eigenvalue weighted by atomic mass is 16.7. The minimum absolute atomic E-state index is 0.138. The highest BCUT2D eigenvalue weighted by Gasteiger charge is 2.52. The molecule has 1 atom stereocenters. The van der Waals surface area contributed by atoms with Crippen molar-refractivity contribution in [1.29, 1.82) is 0 Å². The molecule has 0 radical (unpaired) electrons. The van der Waals surface area contributed by atoms with E-state index in [2.05, 4.69) is 5.32 Å². The summed E-state index contributed by atoms with van der Waals surface area (Å²) in [7, 11) is 1.24. The smallest absolute Gasteiger partial charge is 0.395 e. The van der Waals surface area contributed by atoms with Crippen LogP contribution in [0.1, 0.15) is 6.92 Å². The third-order valence-corrected chi connectivity index (χ3v) is 1.97. The molecule has 80 valence electrons. The molecule has 7 nitrogen and oxygen atoms in total. The van der Waals surface area contributed by atoms with Gasteiger partial charge in [-0.1, -0.05) is 0 Å². The third-order valence-electron chi connectivity index (χ3n) is 1.97. The molecule has 0 fully saturated rings. The average molecular weight is 203 g/mol. The predicted molar refractivity (Wildman–Crippen MR) is 47.4 cm³/mol. The number of nitrogens with zero attached hydrogens (tertiary/aromatic N) is 2. The molecule has 0 aliphatic carbocycles. The van der Waals surface area contributed by atoms with Crippen LogP contribution in [0.3, 0.4) is 0 Å². The lowest BCUT2D eigenvalue weighted by molar-refractivity contribution is -0.662. The van der Waals surface area contributed by atoms with Crippen LogP contribution in [0, 0.1) is 10.1 Å². The highest BCUT2D eigenvalue weighted by Crippen LogP contribution is 2.22. The molecule has 1 aliphatic heterocycles. The number of β-amino-alcohol motifs (C(OH)–C–C–N with tert-alkyl or cyclic N) is 1. The minimum Gasteiger partial charge on any atom is -0.395 e. The van der Waals surface area contributed by atoms with Crippen LogP contribution in [0.4, 0.5) is 0 Å². The molecule has 0 saturated carbocycles. The number of aliphatic hydroxyl groups is 1. The maximum Gasteiger partial charge on any atom is 0.498 e. The second kappa shape index (κ2) is 3.81. The fourth-order valence-corrected chi connectivity index (χ4v) is 1.40. The normalized spacial score (nSPS) is 25.9. The number of hydrogen-bond donors (Lipinski definition) is 2. The van der Waals surface area contributed by atoms with Crippen molar-refractivity contribution < 1.29 is 14.8 Å². The standard InChI is InChI=1S/C7H13N3O4/c1-6-5-9(3-4-11)7(8-6,14-2)10(12)13/h5,8,11H,3-4H2,1-2H3. The molecule has 0 saturated heterocycles. The van der Waals surface area contributed by atoms with Gasteiger partial charge >= 0.3 is 5.97 Å². The number of aliphatic hydroxyl groups excluding tert-OH is 1. The molecule has 1 rings (SSSR count). The number of nitro groups is 1. The van der Waals surface area contributed by atoms with Crippen LogP contribution in [0.5, 0.6) is 0 Å². The fourth-order valence-electron chi connectivity index (χ4n) is 1.40. The van der Waals surface area contributed by atoms with E-state index >= 15 is 0 Å². The number of ether oxygens (including phenoxy) is 1. The first-order valence-electron chi connectivity index (χ1n) is 4.10. The van der Waals surface area contributed by atoms with Crippen molar-refractivity contribution in [3.05, 3.63) is 22.0 Å². The molecule has 1 unspecified atom stereocenters. The molecule has 0 aromatic rings. The van der Waals surface area contributed by atoms with Gasteiger partial charge in [0.05, 0.1) is 13.2 Å². The van der Waals surface area contributed by atoms with Crippen LogP contribution >= 0.6 is 0 Å². The van der Waals surface area contributed by atoms with Crippen molar-refractivity contribution in [3.8, 4) is 0 Å². The Hall–Kier alpha value is -1.34. The van der Waals surface area contributed by atoms with Crippen molar-refractivity contribution >= 4 is 0 Å². The van der Waals surface area contributed by atoms with Gasteiger partial charge in [-0.05, 0) is 6.92 Å². The van der Waals surface area contributed by atoms with Gasteiger partial charge in [0.15, 0.2) is 0 Å². The molecule has 0 spiro atoms. The zero-order chi connectivity index (χ0) is 10.8. The van der Waals surface area contributed by atoms with Gasteiger partial charge in [0.1, 0.15) is 4.92 Å². The molecule has 0 aromatic heterocycles. The Balaban J connectivity index is 2.91. The van der Waals surface area contributed by atoms with E-state index in [-0.39, 0.29) is 13.2 Å². The number of rotatable bonds is 4. The second-order valence-corrected chi connectivity index (χ2v) is 2.92. The lowest BCUT2D eigenvalue weighted by Gasteiger charge is -2.28. The molecule has 2 N–H and O–H groups in total. The number of hydrogen-bond acceptors (Lipinski definition) is 6. The van der Waals surface area contributed by atoms with Gasteiger partial charge in [0, 0.05) is 19.0 Å². The largest absolute Gasteiger partial charge is 0.498 e. The first-order valence-corrected chi connectivity index (χ1v) is 4.10. The van der Waals surface area contributed by atoms with Crippen molar-refractivity contribution in [1.82, 2.24) is 10.2 Å². The van der Waals surface area contributed by atoms with Crippen LogP contribution in [0.15, 0.2) is 11.9 Å². The van der Waals surface area contributed by atoms with Crippen LogP contribution in [-0.4, -0.2) is 41.2 Å². The van der Waals surface area contributed by atoms with E-state index in [1.54, 1.807) is 13.1 Å². The Morgan fingerprint density at radius 3 is 2.93 bits per heavy atom. The number of nitrogens with one attached hydrogen (secondary N) is 1. The van der Waals surface area contributed by atoms with Crippen molar-refractivity contribution in [3.63, 3.8) is 0 Å².